The van der Waals surface area contributed by atoms with Gasteiger partial charge in [-0.3, -0.25) is 4.98 Å². The van der Waals surface area contributed by atoms with E-state index in [-0.39, 0.29) is 0 Å². The molecule has 8 heteroatoms. The Balaban J connectivity index is 1.55. The molecule has 2 aromatic rings. The third-order valence-electron chi connectivity index (χ3n) is 4.97. The Hall–Kier alpha value is -2.77. The van der Waals surface area contributed by atoms with E-state index in [0.29, 0.717) is 5.95 Å². The second kappa shape index (κ2) is 8.75. The molecule has 0 bridgehead atoms. The van der Waals surface area contributed by atoms with Crippen molar-refractivity contribution in [1.29, 1.82) is 0 Å². The van der Waals surface area contributed by atoms with E-state index in [1.165, 1.54) is 38.5 Å². The van der Waals surface area contributed by atoms with Crippen LogP contribution in [-0.4, -0.2) is 52.3 Å². The van der Waals surface area contributed by atoms with E-state index in [4.69, 9.17) is 4.98 Å². The average molecular weight is 366 g/mol. The summed E-state index contributed by atoms with van der Waals surface area (Å²) in [6.45, 7) is 4.01. The first-order valence-electron chi connectivity index (χ1n) is 9.83. The lowest BCUT2D eigenvalue weighted by atomic mass is 10.1. The number of piperidine rings is 2. The molecule has 0 saturated carbocycles. The summed E-state index contributed by atoms with van der Waals surface area (Å²) in [6.07, 6.45) is 12.5. The third-order valence-corrected chi connectivity index (χ3v) is 4.97. The Kier molecular flexibility index (Phi) is 5.71. The predicted molar refractivity (Wildman–Crippen MR) is 107 cm³/mol. The molecule has 2 aliphatic rings. The lowest BCUT2D eigenvalue weighted by molar-refractivity contribution is 0.556. The number of hydrazone groups is 1. The van der Waals surface area contributed by atoms with Crippen molar-refractivity contribution in [2.24, 2.45) is 5.10 Å². The van der Waals surface area contributed by atoms with Crippen molar-refractivity contribution in [3.8, 4) is 0 Å². The van der Waals surface area contributed by atoms with Crippen molar-refractivity contribution in [3.63, 3.8) is 0 Å². The number of nitrogens with one attached hydrogen (secondary N) is 1. The minimum absolute atomic E-state index is 0.497. The molecule has 142 valence electrons. The van der Waals surface area contributed by atoms with Crippen LogP contribution in [0.25, 0.3) is 0 Å². The molecule has 27 heavy (non-hydrogen) atoms. The molecule has 0 unspecified atom stereocenters. The zero-order chi connectivity index (χ0) is 18.3. The molecule has 0 aromatic carbocycles. The van der Waals surface area contributed by atoms with Gasteiger partial charge in [0.15, 0.2) is 0 Å². The Morgan fingerprint density at radius 1 is 0.778 bits per heavy atom. The summed E-state index contributed by atoms with van der Waals surface area (Å²) in [5.74, 6) is 2.01. The zero-order valence-electron chi connectivity index (χ0n) is 15.6. The minimum Gasteiger partial charge on any atom is -0.341 e. The van der Waals surface area contributed by atoms with Crippen molar-refractivity contribution in [1.82, 2.24) is 19.9 Å². The quantitative estimate of drug-likeness (QED) is 0.643. The van der Waals surface area contributed by atoms with Gasteiger partial charge in [0, 0.05) is 38.6 Å². The van der Waals surface area contributed by atoms with Crippen molar-refractivity contribution in [2.45, 2.75) is 38.5 Å². The normalized spacial score (nSPS) is 18.1. The van der Waals surface area contributed by atoms with Crippen LogP contribution in [-0.2, 0) is 0 Å². The van der Waals surface area contributed by atoms with Gasteiger partial charge in [-0.25, -0.2) is 5.43 Å². The van der Waals surface area contributed by atoms with Crippen LogP contribution in [0, 0.1) is 0 Å². The number of hydrogen-bond donors (Lipinski definition) is 1. The highest BCUT2D eigenvalue weighted by atomic mass is 15.4. The monoisotopic (exact) mass is 366 g/mol. The number of pyridine rings is 1. The molecule has 0 atom stereocenters. The van der Waals surface area contributed by atoms with E-state index in [2.05, 4.69) is 35.3 Å². The van der Waals surface area contributed by atoms with Crippen LogP contribution in [0.4, 0.5) is 17.8 Å². The van der Waals surface area contributed by atoms with E-state index in [0.717, 1.165) is 43.6 Å². The molecular weight excluding hydrogens is 340 g/mol. The molecular formula is C19H26N8. The Morgan fingerprint density at radius 3 is 1.89 bits per heavy atom. The number of aromatic nitrogens is 4. The van der Waals surface area contributed by atoms with Gasteiger partial charge in [0.25, 0.3) is 0 Å². The van der Waals surface area contributed by atoms with Gasteiger partial charge in [0.05, 0.1) is 6.21 Å². The van der Waals surface area contributed by atoms with Crippen LogP contribution in [0.5, 0.6) is 0 Å². The maximum absolute atomic E-state index is 4.78. The fourth-order valence-corrected chi connectivity index (χ4v) is 3.49. The van der Waals surface area contributed by atoms with Crippen LogP contribution in [0.1, 0.15) is 44.1 Å². The van der Waals surface area contributed by atoms with E-state index < -0.39 is 0 Å². The van der Waals surface area contributed by atoms with Gasteiger partial charge < -0.3 is 9.80 Å². The van der Waals surface area contributed by atoms with Crippen LogP contribution < -0.4 is 15.2 Å². The molecule has 0 amide bonds. The summed E-state index contributed by atoms with van der Waals surface area (Å²) in [6, 6.07) is 3.80. The number of rotatable bonds is 5. The first kappa shape index (κ1) is 17.6. The fraction of sp³-hybridized carbons (Fsp3) is 0.526. The lowest BCUT2D eigenvalue weighted by Crippen LogP contribution is -2.34. The van der Waals surface area contributed by atoms with Crippen LogP contribution >= 0.6 is 0 Å². The zero-order valence-corrected chi connectivity index (χ0v) is 15.6. The third kappa shape index (κ3) is 4.69. The Labute approximate surface area is 159 Å². The highest BCUT2D eigenvalue weighted by molar-refractivity contribution is 5.79. The molecule has 2 saturated heterocycles. The van der Waals surface area contributed by atoms with Crippen molar-refractivity contribution >= 4 is 24.1 Å². The largest absolute Gasteiger partial charge is 0.341 e. The van der Waals surface area contributed by atoms with E-state index in [1.807, 2.05) is 12.1 Å². The smallest absolute Gasteiger partial charge is 0.250 e. The fourth-order valence-electron chi connectivity index (χ4n) is 3.49. The van der Waals surface area contributed by atoms with Gasteiger partial charge in [-0.2, -0.15) is 20.1 Å². The number of nitrogens with zero attached hydrogens (tertiary/aromatic N) is 7. The van der Waals surface area contributed by atoms with E-state index in [9.17, 15) is 0 Å². The van der Waals surface area contributed by atoms with Crippen molar-refractivity contribution < 1.29 is 0 Å². The van der Waals surface area contributed by atoms with Gasteiger partial charge in [0.1, 0.15) is 0 Å². The molecule has 0 spiro atoms. The molecule has 0 aliphatic carbocycles. The average Bonchev–Trinajstić information content (AvgIpc) is 2.76. The Bertz CT molecular complexity index is 715. The Morgan fingerprint density at radius 2 is 1.33 bits per heavy atom. The second-order valence-corrected chi connectivity index (χ2v) is 7.00. The molecule has 4 rings (SSSR count). The molecule has 1 N–H and O–H groups in total. The summed E-state index contributed by atoms with van der Waals surface area (Å²) >= 11 is 0. The molecule has 2 aromatic heterocycles. The maximum Gasteiger partial charge on any atom is 0.250 e. The van der Waals surface area contributed by atoms with Gasteiger partial charge in [-0.1, -0.05) is 0 Å². The summed E-state index contributed by atoms with van der Waals surface area (Å²) < 4.78 is 0. The standard InChI is InChI=1S/C19H26N8/c1-3-11-26(12-4-1)18-22-17(25-21-15-16-7-9-20-10-8-16)23-19(24-18)27-13-5-2-6-14-27/h7-10,15H,1-6,11-14H2,(H,22,23,24,25). The first-order valence-corrected chi connectivity index (χ1v) is 9.83. The topological polar surface area (TPSA) is 82.4 Å². The summed E-state index contributed by atoms with van der Waals surface area (Å²) in [7, 11) is 0. The maximum atomic E-state index is 4.78. The molecule has 4 heterocycles. The second-order valence-electron chi connectivity index (χ2n) is 7.00. The summed E-state index contributed by atoms with van der Waals surface area (Å²) in [4.78, 5) is 22.6. The highest BCUT2D eigenvalue weighted by Gasteiger charge is 2.20. The molecule has 2 aliphatic heterocycles. The van der Waals surface area contributed by atoms with Gasteiger partial charge in [-0.05, 0) is 56.2 Å². The van der Waals surface area contributed by atoms with Crippen LogP contribution in [0.3, 0.4) is 0 Å². The number of anilines is 3. The van der Waals surface area contributed by atoms with Gasteiger partial charge >= 0.3 is 0 Å². The van der Waals surface area contributed by atoms with Crippen molar-refractivity contribution in [2.75, 3.05) is 41.4 Å². The first-order chi connectivity index (χ1) is 13.4. The van der Waals surface area contributed by atoms with Gasteiger partial charge in [-0.15, -0.1) is 0 Å². The lowest BCUT2D eigenvalue weighted by Gasteiger charge is -2.30. The SMILES string of the molecule is C(=NNc1nc(N2CCCCC2)nc(N2CCCCC2)n1)c1ccncc1. The highest BCUT2D eigenvalue weighted by Crippen LogP contribution is 2.22. The molecule has 8 nitrogen and oxygen atoms in total. The van der Waals surface area contributed by atoms with Crippen molar-refractivity contribution in [3.05, 3.63) is 30.1 Å². The van der Waals surface area contributed by atoms with Crippen LogP contribution in [0.15, 0.2) is 29.6 Å². The van der Waals surface area contributed by atoms with Crippen LogP contribution in [0.2, 0.25) is 0 Å². The molecule has 2 fully saturated rings. The minimum atomic E-state index is 0.497. The number of hydrogen-bond acceptors (Lipinski definition) is 8. The predicted octanol–water partition coefficient (Wildman–Crippen LogP) is 2.69. The molecule has 0 radical (unpaired) electrons. The van der Waals surface area contributed by atoms with Gasteiger partial charge in [0.2, 0.25) is 17.8 Å². The summed E-state index contributed by atoms with van der Waals surface area (Å²) in [5, 5.41) is 4.29. The van der Waals surface area contributed by atoms with E-state index >= 15 is 0 Å². The summed E-state index contributed by atoms with van der Waals surface area (Å²) in [5.41, 5.74) is 3.96. The van der Waals surface area contributed by atoms with E-state index in [1.54, 1.807) is 18.6 Å².